The number of nitrogens with zero attached hydrogens (tertiary/aromatic N) is 2. The second-order valence-corrected chi connectivity index (χ2v) is 2.33. The van der Waals surface area contributed by atoms with E-state index in [1.165, 1.54) is 10.9 Å². The normalized spacial score (nSPS) is 9.62. The van der Waals surface area contributed by atoms with Crippen LogP contribution in [0.5, 0.6) is 0 Å². The largest absolute Gasteiger partial charge is 0.476 e. The van der Waals surface area contributed by atoms with E-state index in [1.807, 2.05) is 0 Å². The maximum absolute atomic E-state index is 10.7. The van der Waals surface area contributed by atoms with Crippen LogP contribution in [0.1, 0.15) is 10.5 Å². The van der Waals surface area contributed by atoms with Crippen molar-refractivity contribution in [3.63, 3.8) is 0 Å². The number of allylic oxidation sites excluding steroid dienone is 1. The van der Waals surface area contributed by atoms with Crippen LogP contribution in [0.4, 0.5) is 5.82 Å². The van der Waals surface area contributed by atoms with E-state index in [2.05, 4.69) is 17.0 Å². The number of anilines is 1. The topological polar surface area (TPSA) is 93.2 Å². The highest BCUT2D eigenvalue weighted by atomic mass is 16.4. The third-order valence-corrected chi connectivity index (χ3v) is 1.50. The van der Waals surface area contributed by atoms with Gasteiger partial charge in [0.15, 0.2) is 11.5 Å². The summed E-state index contributed by atoms with van der Waals surface area (Å²) in [4.78, 5) is 14.5. The number of nitrogen functional groups attached to an aromatic ring is 1. The maximum Gasteiger partial charge on any atom is 0.356 e. The summed E-state index contributed by atoms with van der Waals surface area (Å²) in [7, 11) is 0. The highest BCUT2D eigenvalue weighted by Gasteiger charge is 2.15. The van der Waals surface area contributed by atoms with Crippen molar-refractivity contribution in [3.05, 3.63) is 24.7 Å². The second-order valence-electron chi connectivity index (χ2n) is 2.33. The van der Waals surface area contributed by atoms with Gasteiger partial charge < -0.3 is 15.1 Å². The molecule has 0 fully saturated rings. The van der Waals surface area contributed by atoms with E-state index in [1.54, 1.807) is 6.08 Å². The fraction of sp³-hybridized carbons (Fsp3) is 0.143. The molecule has 6 heteroatoms. The fourth-order valence-corrected chi connectivity index (χ4v) is 0.990. The minimum atomic E-state index is -1.08. The maximum atomic E-state index is 10.7. The van der Waals surface area contributed by atoms with E-state index in [0.717, 1.165) is 0 Å². The number of hydrazine groups is 1. The van der Waals surface area contributed by atoms with Crippen molar-refractivity contribution < 1.29 is 9.90 Å². The molecular weight excluding hydrogens is 172 g/mol. The number of hydrogen-bond donors (Lipinski definition) is 3. The van der Waals surface area contributed by atoms with Crippen molar-refractivity contribution in [2.45, 2.75) is 6.54 Å². The third-order valence-electron chi connectivity index (χ3n) is 1.50. The summed E-state index contributed by atoms with van der Waals surface area (Å²) in [5.41, 5.74) is 2.24. The zero-order valence-electron chi connectivity index (χ0n) is 6.90. The van der Waals surface area contributed by atoms with Crippen LogP contribution in [0.15, 0.2) is 19.0 Å². The number of nitrogens with two attached hydrogens (primary N) is 1. The molecule has 0 bridgehead atoms. The van der Waals surface area contributed by atoms with E-state index in [0.29, 0.717) is 6.54 Å². The van der Waals surface area contributed by atoms with E-state index >= 15 is 0 Å². The van der Waals surface area contributed by atoms with Crippen molar-refractivity contribution in [2.24, 2.45) is 5.84 Å². The van der Waals surface area contributed by atoms with Gasteiger partial charge in [0, 0.05) is 6.54 Å². The van der Waals surface area contributed by atoms with Crippen LogP contribution in [0.25, 0.3) is 0 Å². The van der Waals surface area contributed by atoms with Crippen LogP contribution in [0.3, 0.4) is 0 Å². The Bertz CT molecular complexity index is 331. The van der Waals surface area contributed by atoms with Gasteiger partial charge in [-0.1, -0.05) is 6.08 Å². The molecule has 1 rings (SSSR count). The molecule has 0 spiro atoms. The lowest BCUT2D eigenvalue weighted by atomic mass is 10.4. The molecule has 1 heterocycles. The first-order valence-corrected chi connectivity index (χ1v) is 3.56. The lowest BCUT2D eigenvalue weighted by Gasteiger charge is -2.01. The van der Waals surface area contributed by atoms with Crippen LogP contribution in [-0.2, 0) is 6.54 Å². The molecule has 6 nitrogen and oxygen atoms in total. The first kappa shape index (κ1) is 9.27. The predicted molar refractivity (Wildman–Crippen MR) is 47.2 cm³/mol. The zero-order chi connectivity index (χ0) is 9.84. The molecule has 0 atom stereocenters. The van der Waals surface area contributed by atoms with Gasteiger partial charge in [-0.15, -0.1) is 6.58 Å². The molecule has 0 saturated carbocycles. The summed E-state index contributed by atoms with van der Waals surface area (Å²) in [6.07, 6.45) is 2.97. The number of carbonyl (C=O) groups is 1. The lowest BCUT2D eigenvalue weighted by Crippen LogP contribution is -2.14. The quantitative estimate of drug-likeness (QED) is 0.347. The van der Waals surface area contributed by atoms with Crippen molar-refractivity contribution in [2.75, 3.05) is 5.43 Å². The van der Waals surface area contributed by atoms with Gasteiger partial charge in [-0.3, -0.25) is 0 Å². The molecule has 70 valence electrons. The molecule has 0 aromatic carbocycles. The molecule has 0 aliphatic carbocycles. The fourth-order valence-electron chi connectivity index (χ4n) is 0.990. The van der Waals surface area contributed by atoms with Crippen molar-refractivity contribution >= 4 is 11.8 Å². The molecule has 13 heavy (non-hydrogen) atoms. The third kappa shape index (κ3) is 1.67. The van der Waals surface area contributed by atoms with Gasteiger partial charge in [0.05, 0.1) is 6.33 Å². The first-order chi connectivity index (χ1) is 6.20. The zero-order valence-corrected chi connectivity index (χ0v) is 6.90. The SMILES string of the molecule is C=CCn1cnc(NN)c1C(=O)O. The summed E-state index contributed by atoms with van der Waals surface area (Å²) in [6.45, 7) is 3.88. The Labute approximate surface area is 74.7 Å². The average molecular weight is 182 g/mol. The Morgan fingerprint density at radius 1 is 1.92 bits per heavy atom. The number of aromatic carboxylic acids is 1. The highest BCUT2D eigenvalue weighted by molar-refractivity contribution is 5.91. The van der Waals surface area contributed by atoms with E-state index in [-0.39, 0.29) is 11.5 Å². The monoisotopic (exact) mass is 182 g/mol. The van der Waals surface area contributed by atoms with Crippen molar-refractivity contribution in [3.8, 4) is 0 Å². The van der Waals surface area contributed by atoms with Crippen LogP contribution >= 0.6 is 0 Å². The molecule has 0 aliphatic rings. The second kappa shape index (κ2) is 3.72. The van der Waals surface area contributed by atoms with Gasteiger partial charge >= 0.3 is 5.97 Å². The summed E-state index contributed by atoms with van der Waals surface area (Å²) >= 11 is 0. The van der Waals surface area contributed by atoms with Gasteiger partial charge in [0.1, 0.15) is 0 Å². The molecule has 0 radical (unpaired) electrons. The lowest BCUT2D eigenvalue weighted by molar-refractivity contribution is 0.0687. The summed E-state index contributed by atoms with van der Waals surface area (Å²) < 4.78 is 1.44. The standard InChI is InChI=1S/C7H10N4O2/c1-2-3-11-4-9-6(10-8)5(11)7(12)13/h2,4,10H,1,3,8H2,(H,12,13). The first-order valence-electron chi connectivity index (χ1n) is 3.56. The molecule has 0 amide bonds. The van der Waals surface area contributed by atoms with Gasteiger partial charge in [-0.05, 0) is 0 Å². The molecule has 0 saturated heterocycles. The molecular formula is C7H10N4O2. The van der Waals surface area contributed by atoms with E-state index in [4.69, 9.17) is 10.9 Å². The van der Waals surface area contributed by atoms with E-state index in [9.17, 15) is 4.79 Å². The van der Waals surface area contributed by atoms with Crippen molar-refractivity contribution in [1.82, 2.24) is 9.55 Å². The van der Waals surface area contributed by atoms with Gasteiger partial charge in [-0.25, -0.2) is 15.6 Å². The number of imidazole rings is 1. The smallest absolute Gasteiger partial charge is 0.356 e. The van der Waals surface area contributed by atoms with Gasteiger partial charge in [0.25, 0.3) is 0 Å². The van der Waals surface area contributed by atoms with Gasteiger partial charge in [0.2, 0.25) is 0 Å². The Balaban J connectivity index is 3.13. The highest BCUT2D eigenvalue weighted by Crippen LogP contribution is 2.11. The van der Waals surface area contributed by atoms with Gasteiger partial charge in [-0.2, -0.15) is 0 Å². The minimum absolute atomic E-state index is 0.0300. The summed E-state index contributed by atoms with van der Waals surface area (Å²) in [5.74, 6) is 4.15. The van der Waals surface area contributed by atoms with Crippen molar-refractivity contribution in [1.29, 1.82) is 0 Å². The Morgan fingerprint density at radius 2 is 2.62 bits per heavy atom. The Kier molecular flexibility index (Phi) is 2.65. The molecule has 0 aliphatic heterocycles. The number of carboxylic acids is 1. The van der Waals surface area contributed by atoms with Crippen LogP contribution in [0, 0.1) is 0 Å². The summed E-state index contributed by atoms with van der Waals surface area (Å²) in [6, 6.07) is 0. The molecule has 1 aromatic rings. The van der Waals surface area contributed by atoms with Crippen LogP contribution in [-0.4, -0.2) is 20.6 Å². The Morgan fingerprint density at radius 3 is 3.08 bits per heavy atom. The number of nitrogens with one attached hydrogen (secondary N) is 1. The minimum Gasteiger partial charge on any atom is -0.476 e. The van der Waals surface area contributed by atoms with E-state index < -0.39 is 5.97 Å². The molecule has 0 unspecified atom stereocenters. The average Bonchev–Trinajstić information content (AvgIpc) is 2.48. The number of hydrogen-bond acceptors (Lipinski definition) is 4. The predicted octanol–water partition coefficient (Wildman–Crippen LogP) is 0.0529. The van der Waals surface area contributed by atoms with Crippen LogP contribution < -0.4 is 11.3 Å². The molecule has 1 aromatic heterocycles. The van der Waals surface area contributed by atoms with Crippen LogP contribution in [0.2, 0.25) is 0 Å². The number of carboxylic acid groups (broad SMARTS) is 1. The molecule has 4 N–H and O–H groups in total. The number of rotatable bonds is 4. The Hall–Kier alpha value is -1.82. The number of aromatic nitrogens is 2. The summed E-state index contributed by atoms with van der Waals surface area (Å²) in [5, 5.41) is 8.80.